The molecular formula is C19H25BrN4. The fourth-order valence-corrected chi connectivity index (χ4v) is 4.47. The minimum Gasteiger partial charge on any atom is -0.370 e. The molecule has 0 saturated carbocycles. The zero-order valence-electron chi connectivity index (χ0n) is 14.3. The number of aromatic nitrogens is 2. The van der Waals surface area contributed by atoms with Crippen molar-refractivity contribution in [3.8, 4) is 5.69 Å². The van der Waals surface area contributed by atoms with Crippen molar-refractivity contribution in [3.63, 3.8) is 0 Å². The van der Waals surface area contributed by atoms with Crippen molar-refractivity contribution in [1.82, 2.24) is 14.7 Å². The number of hydrogen-bond acceptors (Lipinski definition) is 3. The molecule has 0 amide bonds. The molecule has 3 heterocycles. The highest BCUT2D eigenvalue weighted by Crippen LogP contribution is 2.37. The van der Waals surface area contributed by atoms with Crippen molar-refractivity contribution in [2.75, 3.05) is 25.5 Å². The Morgan fingerprint density at radius 1 is 1.17 bits per heavy atom. The summed E-state index contributed by atoms with van der Waals surface area (Å²) in [5.74, 6) is 1.20. The van der Waals surface area contributed by atoms with E-state index in [2.05, 4.69) is 62.1 Å². The summed E-state index contributed by atoms with van der Waals surface area (Å²) in [5, 5.41) is 8.78. The molecule has 2 aliphatic heterocycles. The van der Waals surface area contributed by atoms with Gasteiger partial charge in [0.1, 0.15) is 5.82 Å². The predicted molar refractivity (Wildman–Crippen MR) is 102 cm³/mol. The lowest BCUT2D eigenvalue weighted by Crippen LogP contribution is -2.30. The number of likely N-dealkylation sites (tertiary alicyclic amines) is 1. The van der Waals surface area contributed by atoms with E-state index in [0.717, 1.165) is 23.1 Å². The van der Waals surface area contributed by atoms with Crippen molar-refractivity contribution in [2.45, 2.75) is 44.6 Å². The Balaban J connectivity index is 1.84. The van der Waals surface area contributed by atoms with Crippen molar-refractivity contribution >= 4 is 21.7 Å². The standard InChI is InChI=1S/C19H25BrN4/c1-23-13-7-5-11-17(23)18-14-8-4-6-12-21-19(14)24(22-18)16-10-3-2-9-15(16)20/h2-3,9-10,17,21H,4-8,11-13H2,1H3. The molecule has 1 unspecified atom stereocenters. The van der Waals surface area contributed by atoms with Gasteiger partial charge in [-0.1, -0.05) is 18.6 Å². The second kappa shape index (κ2) is 6.89. The van der Waals surface area contributed by atoms with E-state index >= 15 is 0 Å². The first-order chi connectivity index (χ1) is 11.8. The number of para-hydroxylation sites is 1. The summed E-state index contributed by atoms with van der Waals surface area (Å²) in [4.78, 5) is 2.49. The minimum absolute atomic E-state index is 0.455. The van der Waals surface area contributed by atoms with Gasteiger partial charge in [-0.2, -0.15) is 5.10 Å². The third-order valence-corrected chi connectivity index (χ3v) is 6.00. The molecular weight excluding hydrogens is 364 g/mol. The number of benzene rings is 1. The smallest absolute Gasteiger partial charge is 0.133 e. The molecule has 1 N–H and O–H groups in total. The lowest BCUT2D eigenvalue weighted by atomic mass is 9.96. The average molecular weight is 389 g/mol. The minimum atomic E-state index is 0.455. The fourth-order valence-electron chi connectivity index (χ4n) is 4.02. The zero-order valence-corrected chi connectivity index (χ0v) is 15.8. The van der Waals surface area contributed by atoms with Crippen LogP contribution < -0.4 is 5.32 Å². The number of nitrogens with zero attached hydrogens (tertiary/aromatic N) is 3. The van der Waals surface area contributed by atoms with Crippen LogP contribution in [0, 0.1) is 0 Å². The van der Waals surface area contributed by atoms with Gasteiger partial charge in [0.05, 0.1) is 17.4 Å². The van der Waals surface area contributed by atoms with Crippen molar-refractivity contribution in [2.24, 2.45) is 0 Å². The maximum atomic E-state index is 5.12. The molecule has 1 saturated heterocycles. The Morgan fingerprint density at radius 2 is 2.04 bits per heavy atom. The van der Waals surface area contributed by atoms with Crippen molar-refractivity contribution < 1.29 is 0 Å². The summed E-state index contributed by atoms with van der Waals surface area (Å²) < 4.78 is 3.22. The maximum absolute atomic E-state index is 5.12. The van der Waals surface area contributed by atoms with Crippen LogP contribution in [0.25, 0.3) is 5.69 Å². The fraction of sp³-hybridized carbons (Fsp3) is 0.526. The van der Waals surface area contributed by atoms with Crippen LogP contribution in [0.1, 0.15) is 49.4 Å². The number of halogens is 1. The van der Waals surface area contributed by atoms with Gasteiger partial charge in [0.15, 0.2) is 0 Å². The largest absolute Gasteiger partial charge is 0.370 e. The Morgan fingerprint density at radius 3 is 2.88 bits per heavy atom. The zero-order chi connectivity index (χ0) is 16.5. The van der Waals surface area contributed by atoms with Gasteiger partial charge < -0.3 is 5.32 Å². The van der Waals surface area contributed by atoms with Crippen LogP contribution >= 0.6 is 15.9 Å². The highest BCUT2D eigenvalue weighted by atomic mass is 79.9. The molecule has 128 valence electrons. The van der Waals surface area contributed by atoms with Crippen LogP contribution in [0.4, 0.5) is 5.82 Å². The SMILES string of the molecule is CN1CCCCC1c1nn(-c2ccccc2Br)c2c1CCCCN2. The van der Waals surface area contributed by atoms with Crippen LogP contribution in [0.15, 0.2) is 28.7 Å². The van der Waals surface area contributed by atoms with E-state index in [-0.39, 0.29) is 0 Å². The second-order valence-electron chi connectivity index (χ2n) is 6.95. The molecule has 5 heteroatoms. The van der Waals surface area contributed by atoms with Gasteiger partial charge in [0, 0.05) is 16.6 Å². The van der Waals surface area contributed by atoms with Gasteiger partial charge in [-0.25, -0.2) is 4.68 Å². The average Bonchev–Trinajstić information content (AvgIpc) is 2.78. The molecule has 24 heavy (non-hydrogen) atoms. The number of anilines is 1. The lowest BCUT2D eigenvalue weighted by Gasteiger charge is -2.31. The van der Waals surface area contributed by atoms with Gasteiger partial charge in [-0.05, 0) is 73.8 Å². The van der Waals surface area contributed by atoms with E-state index in [1.165, 1.54) is 55.7 Å². The molecule has 1 atom stereocenters. The number of hydrogen-bond donors (Lipinski definition) is 1. The predicted octanol–water partition coefficient (Wildman–Crippen LogP) is 4.54. The third-order valence-electron chi connectivity index (χ3n) is 5.33. The molecule has 1 fully saturated rings. The molecule has 1 aromatic carbocycles. The number of piperidine rings is 1. The topological polar surface area (TPSA) is 33.1 Å². The van der Waals surface area contributed by atoms with E-state index in [9.17, 15) is 0 Å². The third kappa shape index (κ3) is 2.88. The van der Waals surface area contributed by atoms with Crippen LogP contribution in [-0.4, -0.2) is 34.8 Å². The lowest BCUT2D eigenvalue weighted by molar-refractivity contribution is 0.182. The van der Waals surface area contributed by atoms with Crippen molar-refractivity contribution in [1.29, 1.82) is 0 Å². The number of nitrogens with one attached hydrogen (secondary N) is 1. The molecule has 2 aliphatic rings. The van der Waals surface area contributed by atoms with E-state index in [1.54, 1.807) is 0 Å². The number of fused-ring (bicyclic) bond motifs is 1. The maximum Gasteiger partial charge on any atom is 0.133 e. The van der Waals surface area contributed by atoms with Crippen molar-refractivity contribution in [3.05, 3.63) is 40.0 Å². The first-order valence-electron chi connectivity index (χ1n) is 9.06. The molecule has 4 nitrogen and oxygen atoms in total. The van der Waals surface area contributed by atoms with E-state index < -0.39 is 0 Å². The highest BCUT2D eigenvalue weighted by molar-refractivity contribution is 9.10. The molecule has 2 aromatic rings. The van der Waals surface area contributed by atoms with Gasteiger partial charge in [-0.15, -0.1) is 0 Å². The van der Waals surface area contributed by atoms with Gasteiger partial charge >= 0.3 is 0 Å². The quantitative estimate of drug-likeness (QED) is 0.819. The molecule has 0 spiro atoms. The summed E-state index contributed by atoms with van der Waals surface area (Å²) in [7, 11) is 2.25. The van der Waals surface area contributed by atoms with Gasteiger partial charge in [0.2, 0.25) is 0 Å². The first kappa shape index (κ1) is 16.2. The monoisotopic (exact) mass is 388 g/mol. The molecule has 0 bridgehead atoms. The van der Waals surface area contributed by atoms with E-state index in [4.69, 9.17) is 5.10 Å². The molecule has 0 aliphatic carbocycles. The summed E-state index contributed by atoms with van der Waals surface area (Å²) >= 11 is 3.70. The van der Waals surface area contributed by atoms with E-state index in [1.807, 2.05) is 0 Å². The second-order valence-corrected chi connectivity index (χ2v) is 7.81. The Bertz CT molecular complexity index is 724. The van der Waals surface area contributed by atoms with Gasteiger partial charge in [0.25, 0.3) is 0 Å². The Labute approximate surface area is 152 Å². The summed E-state index contributed by atoms with van der Waals surface area (Å²) in [6, 6.07) is 8.82. The summed E-state index contributed by atoms with van der Waals surface area (Å²) in [6.45, 7) is 2.21. The van der Waals surface area contributed by atoms with Crippen LogP contribution in [-0.2, 0) is 6.42 Å². The van der Waals surface area contributed by atoms with Gasteiger partial charge in [-0.3, -0.25) is 4.90 Å². The normalized spacial score (nSPS) is 21.8. The van der Waals surface area contributed by atoms with Crippen LogP contribution in [0.2, 0.25) is 0 Å². The Hall–Kier alpha value is -1.33. The highest BCUT2D eigenvalue weighted by Gasteiger charge is 2.30. The summed E-state index contributed by atoms with van der Waals surface area (Å²) in [5.41, 5.74) is 3.84. The molecule has 1 aromatic heterocycles. The number of rotatable bonds is 2. The Kier molecular flexibility index (Phi) is 4.63. The van der Waals surface area contributed by atoms with Crippen LogP contribution in [0.5, 0.6) is 0 Å². The van der Waals surface area contributed by atoms with Crippen LogP contribution in [0.3, 0.4) is 0 Å². The molecule has 4 rings (SSSR count). The molecule has 0 radical (unpaired) electrons. The van der Waals surface area contributed by atoms with E-state index in [0.29, 0.717) is 6.04 Å². The first-order valence-corrected chi connectivity index (χ1v) is 9.86. The summed E-state index contributed by atoms with van der Waals surface area (Å²) in [6.07, 6.45) is 7.43.